The van der Waals surface area contributed by atoms with Gasteiger partial charge in [-0.15, -0.1) is 10.2 Å². The first-order valence-corrected chi connectivity index (χ1v) is 8.20. The molecule has 8 nitrogen and oxygen atoms in total. The van der Waals surface area contributed by atoms with Crippen LogP contribution in [-0.2, 0) is 11.2 Å². The Balaban J connectivity index is 1.58. The van der Waals surface area contributed by atoms with Crippen molar-refractivity contribution in [1.29, 1.82) is 0 Å². The Morgan fingerprint density at radius 2 is 2.07 bits per heavy atom. The van der Waals surface area contributed by atoms with Crippen LogP contribution < -0.4 is 5.32 Å². The van der Waals surface area contributed by atoms with Crippen molar-refractivity contribution in [3.05, 3.63) is 59.6 Å². The Morgan fingerprint density at radius 1 is 1.22 bits per heavy atom. The van der Waals surface area contributed by atoms with Gasteiger partial charge in [0.25, 0.3) is 5.89 Å². The summed E-state index contributed by atoms with van der Waals surface area (Å²) < 4.78 is 20.7. The third kappa shape index (κ3) is 3.39. The molecule has 3 aromatic heterocycles. The average molecular weight is 366 g/mol. The number of hydrogen-bond donors (Lipinski definition) is 1. The molecule has 0 aliphatic heterocycles. The van der Waals surface area contributed by atoms with Gasteiger partial charge in [-0.2, -0.15) is 4.98 Å². The number of anilines is 1. The lowest BCUT2D eigenvalue weighted by atomic mass is 10.2. The van der Waals surface area contributed by atoms with Crippen LogP contribution in [0.25, 0.3) is 17.1 Å². The molecule has 1 aromatic carbocycles. The highest BCUT2D eigenvalue weighted by Gasteiger charge is 2.15. The summed E-state index contributed by atoms with van der Waals surface area (Å²) >= 11 is 0. The van der Waals surface area contributed by atoms with Gasteiger partial charge in [0.05, 0.1) is 17.7 Å². The molecule has 136 valence electrons. The Kier molecular flexibility index (Phi) is 4.11. The van der Waals surface area contributed by atoms with Crippen molar-refractivity contribution in [3.63, 3.8) is 0 Å². The molecule has 0 saturated heterocycles. The Hall–Kier alpha value is -3.62. The van der Waals surface area contributed by atoms with Crippen molar-refractivity contribution in [2.75, 3.05) is 5.32 Å². The zero-order valence-corrected chi connectivity index (χ0v) is 14.6. The molecule has 0 atom stereocenters. The molecule has 4 rings (SSSR count). The van der Waals surface area contributed by atoms with E-state index in [0.717, 1.165) is 5.56 Å². The fourth-order valence-corrected chi connectivity index (χ4v) is 2.66. The van der Waals surface area contributed by atoms with Gasteiger partial charge in [-0.3, -0.25) is 9.20 Å². The van der Waals surface area contributed by atoms with Crippen LogP contribution in [-0.4, -0.2) is 30.6 Å². The molecular weight excluding hydrogens is 351 g/mol. The second-order valence-corrected chi connectivity index (χ2v) is 6.12. The molecule has 0 aliphatic rings. The van der Waals surface area contributed by atoms with Crippen LogP contribution in [0.1, 0.15) is 17.2 Å². The van der Waals surface area contributed by atoms with E-state index in [1.165, 1.54) is 12.1 Å². The number of nitrogens with zero attached hydrogens (tertiary/aromatic N) is 5. The number of aromatic nitrogens is 5. The van der Waals surface area contributed by atoms with Crippen LogP contribution in [0.5, 0.6) is 0 Å². The molecule has 0 fully saturated rings. The zero-order chi connectivity index (χ0) is 19.0. The van der Waals surface area contributed by atoms with Gasteiger partial charge in [0, 0.05) is 6.20 Å². The van der Waals surface area contributed by atoms with Crippen molar-refractivity contribution in [2.24, 2.45) is 0 Å². The number of benzene rings is 1. The number of hydrogen-bond acceptors (Lipinski definition) is 6. The van der Waals surface area contributed by atoms with E-state index in [9.17, 15) is 9.18 Å². The van der Waals surface area contributed by atoms with Crippen molar-refractivity contribution in [1.82, 2.24) is 24.7 Å². The lowest BCUT2D eigenvalue weighted by Gasteiger charge is -2.06. The molecule has 0 spiro atoms. The first-order chi connectivity index (χ1) is 13.0. The third-order valence-corrected chi connectivity index (χ3v) is 3.96. The van der Waals surface area contributed by atoms with Crippen LogP contribution >= 0.6 is 0 Å². The fraction of sp³-hybridized carbons (Fsp3) is 0.167. The van der Waals surface area contributed by atoms with E-state index in [1.807, 2.05) is 0 Å². The second-order valence-electron chi connectivity index (χ2n) is 6.12. The van der Waals surface area contributed by atoms with Crippen LogP contribution in [0, 0.1) is 19.7 Å². The van der Waals surface area contributed by atoms with Gasteiger partial charge < -0.3 is 9.84 Å². The number of fused-ring (bicyclic) bond motifs is 1. The highest BCUT2D eigenvalue weighted by molar-refractivity contribution is 5.92. The number of pyridine rings is 1. The van der Waals surface area contributed by atoms with E-state index in [-0.39, 0.29) is 12.1 Å². The van der Waals surface area contributed by atoms with Gasteiger partial charge in [0.1, 0.15) is 11.6 Å². The molecule has 9 heteroatoms. The number of rotatable bonds is 4. The summed E-state index contributed by atoms with van der Waals surface area (Å²) in [4.78, 5) is 16.5. The number of amides is 1. The lowest BCUT2D eigenvalue weighted by Crippen LogP contribution is -2.17. The van der Waals surface area contributed by atoms with Crippen molar-refractivity contribution in [2.45, 2.75) is 20.3 Å². The molecule has 0 radical (unpaired) electrons. The topological polar surface area (TPSA) is 98.2 Å². The molecule has 0 aliphatic carbocycles. The zero-order valence-electron chi connectivity index (χ0n) is 14.6. The summed E-state index contributed by atoms with van der Waals surface area (Å²) in [5, 5.41) is 14.4. The van der Waals surface area contributed by atoms with Crippen LogP contribution in [0.2, 0.25) is 0 Å². The van der Waals surface area contributed by atoms with E-state index in [2.05, 4.69) is 25.7 Å². The predicted octanol–water partition coefficient (Wildman–Crippen LogP) is 2.72. The summed E-state index contributed by atoms with van der Waals surface area (Å²) in [5.74, 6) is 0.413. The molecule has 1 N–H and O–H groups in total. The quantitative estimate of drug-likeness (QED) is 0.596. The minimum Gasteiger partial charge on any atom is -0.334 e. The van der Waals surface area contributed by atoms with Crippen molar-refractivity contribution in [3.8, 4) is 11.5 Å². The van der Waals surface area contributed by atoms with Crippen LogP contribution in [0.3, 0.4) is 0 Å². The highest BCUT2D eigenvalue weighted by Crippen LogP contribution is 2.19. The maximum absolute atomic E-state index is 13.9. The Labute approximate surface area is 153 Å². The molecule has 0 saturated carbocycles. The van der Waals surface area contributed by atoms with E-state index >= 15 is 0 Å². The maximum Gasteiger partial charge on any atom is 0.259 e. The van der Waals surface area contributed by atoms with Crippen molar-refractivity contribution >= 4 is 17.2 Å². The van der Waals surface area contributed by atoms with Gasteiger partial charge in [0.15, 0.2) is 11.5 Å². The molecule has 0 bridgehead atoms. The summed E-state index contributed by atoms with van der Waals surface area (Å²) in [6.07, 6.45) is 1.65. The number of aryl methyl sites for hydroxylation is 2. The predicted molar refractivity (Wildman–Crippen MR) is 94.5 cm³/mol. The second kappa shape index (κ2) is 6.60. The van der Waals surface area contributed by atoms with Gasteiger partial charge in [-0.05, 0) is 43.7 Å². The molecule has 0 unspecified atom stereocenters. The van der Waals surface area contributed by atoms with Gasteiger partial charge >= 0.3 is 0 Å². The Bertz CT molecular complexity index is 1150. The largest absolute Gasteiger partial charge is 0.334 e. The number of carbonyl (C=O) groups is 1. The number of carbonyl (C=O) groups excluding carboxylic acids is 1. The number of halogens is 1. The maximum atomic E-state index is 13.9. The van der Waals surface area contributed by atoms with Gasteiger partial charge in [0.2, 0.25) is 5.91 Å². The summed E-state index contributed by atoms with van der Waals surface area (Å²) in [6.45, 7) is 3.50. The molecule has 27 heavy (non-hydrogen) atoms. The minimum absolute atomic E-state index is 0.0687. The normalized spacial score (nSPS) is 11.1. The van der Waals surface area contributed by atoms with E-state index in [0.29, 0.717) is 28.8 Å². The number of nitrogens with one attached hydrogen (secondary N) is 1. The lowest BCUT2D eigenvalue weighted by molar-refractivity contribution is -0.115. The standard InChI is InChI=1S/C18H15FN6O2/c1-10-3-5-14(13(19)7-10)21-17(26)8-16-23-22-15-6-4-12(9-25(15)16)18-20-11(2)24-27-18/h3-7,9H,8H2,1-2H3,(H,21,26). The van der Waals surface area contributed by atoms with Crippen LogP contribution in [0.4, 0.5) is 10.1 Å². The summed E-state index contributed by atoms with van der Waals surface area (Å²) in [7, 11) is 0. The summed E-state index contributed by atoms with van der Waals surface area (Å²) in [5.41, 5.74) is 2.15. The first-order valence-electron chi connectivity index (χ1n) is 8.20. The Morgan fingerprint density at radius 3 is 2.81 bits per heavy atom. The van der Waals surface area contributed by atoms with Crippen molar-refractivity contribution < 1.29 is 13.7 Å². The minimum atomic E-state index is -0.483. The average Bonchev–Trinajstić information content (AvgIpc) is 3.24. The van der Waals surface area contributed by atoms with E-state index in [1.54, 1.807) is 42.6 Å². The highest BCUT2D eigenvalue weighted by atomic mass is 19.1. The molecule has 4 aromatic rings. The SMILES string of the molecule is Cc1ccc(NC(=O)Cc2nnc3ccc(-c4nc(C)no4)cn23)c(F)c1. The summed E-state index contributed by atoms with van der Waals surface area (Å²) in [6, 6.07) is 8.14. The van der Waals surface area contributed by atoms with Gasteiger partial charge in [-0.25, -0.2) is 4.39 Å². The van der Waals surface area contributed by atoms with E-state index < -0.39 is 11.7 Å². The van der Waals surface area contributed by atoms with E-state index in [4.69, 9.17) is 4.52 Å². The monoisotopic (exact) mass is 366 g/mol. The smallest absolute Gasteiger partial charge is 0.259 e. The molecule has 3 heterocycles. The molecular formula is C18H15FN6O2. The van der Waals surface area contributed by atoms with Crippen LogP contribution in [0.15, 0.2) is 41.1 Å². The third-order valence-electron chi connectivity index (χ3n) is 3.96. The molecule has 1 amide bonds. The fourth-order valence-electron chi connectivity index (χ4n) is 2.66. The first kappa shape index (κ1) is 16.8. The van der Waals surface area contributed by atoms with Gasteiger partial charge in [-0.1, -0.05) is 11.2 Å².